The maximum Gasteiger partial charge on any atom is 0.242 e. The van der Waals surface area contributed by atoms with Gasteiger partial charge in [0.15, 0.2) is 0 Å². The predicted molar refractivity (Wildman–Crippen MR) is 83.4 cm³/mol. The Kier molecular flexibility index (Phi) is 5.70. The number of rotatable bonds is 7. The van der Waals surface area contributed by atoms with Crippen molar-refractivity contribution in [3.05, 3.63) is 24.3 Å². The van der Waals surface area contributed by atoms with Crippen molar-refractivity contribution in [1.29, 1.82) is 0 Å². The monoisotopic (exact) mass is 302 g/mol. The Labute approximate surface area is 120 Å². The molecule has 0 heterocycles. The summed E-state index contributed by atoms with van der Waals surface area (Å²) in [5, 5.41) is 3.23. The maximum absolute atomic E-state index is 12.1. The van der Waals surface area contributed by atoms with E-state index >= 15 is 0 Å². The molecule has 0 aliphatic rings. The number of benzene rings is 1. The van der Waals surface area contributed by atoms with Gasteiger partial charge in [-0.15, -0.1) is 0 Å². The van der Waals surface area contributed by atoms with Gasteiger partial charge >= 0.3 is 0 Å². The van der Waals surface area contributed by atoms with Crippen molar-refractivity contribution in [2.45, 2.75) is 30.4 Å². The zero-order chi connectivity index (χ0) is 14.5. The van der Waals surface area contributed by atoms with Gasteiger partial charge in [0.2, 0.25) is 10.0 Å². The molecule has 0 saturated carbocycles. The second-order valence-electron chi connectivity index (χ2n) is 4.81. The van der Waals surface area contributed by atoms with Crippen molar-refractivity contribution in [3.8, 4) is 0 Å². The summed E-state index contributed by atoms with van der Waals surface area (Å²) in [6, 6.07) is 6.97. The summed E-state index contributed by atoms with van der Waals surface area (Å²) in [5.41, 5.74) is 0.644. The van der Waals surface area contributed by atoms with Crippen LogP contribution in [0.2, 0.25) is 0 Å². The molecule has 0 saturated heterocycles. The first-order valence-electron chi connectivity index (χ1n) is 6.20. The minimum Gasteiger partial charge on any atom is -0.383 e. The third kappa shape index (κ3) is 4.71. The smallest absolute Gasteiger partial charge is 0.242 e. The molecule has 6 heteroatoms. The van der Waals surface area contributed by atoms with Gasteiger partial charge in [0, 0.05) is 17.8 Å². The van der Waals surface area contributed by atoms with Crippen LogP contribution in [-0.4, -0.2) is 32.5 Å². The van der Waals surface area contributed by atoms with Gasteiger partial charge in [-0.2, -0.15) is 11.8 Å². The quantitative estimate of drug-likeness (QED) is 0.812. The fourth-order valence-corrected chi connectivity index (χ4v) is 2.93. The van der Waals surface area contributed by atoms with E-state index < -0.39 is 10.0 Å². The Morgan fingerprint density at radius 1 is 1.26 bits per heavy atom. The lowest BCUT2D eigenvalue weighted by molar-refractivity contribution is 0.584. The fourth-order valence-electron chi connectivity index (χ4n) is 1.50. The predicted octanol–water partition coefficient (Wildman–Crippen LogP) is 2.54. The van der Waals surface area contributed by atoms with E-state index in [4.69, 9.17) is 0 Å². The molecule has 1 aromatic carbocycles. The molecule has 0 aliphatic heterocycles. The Hall–Kier alpha value is -0.720. The summed E-state index contributed by atoms with van der Waals surface area (Å²) in [6.07, 6.45) is 2.04. The Morgan fingerprint density at radius 3 is 2.47 bits per heavy atom. The average Bonchev–Trinajstić information content (AvgIpc) is 2.37. The van der Waals surface area contributed by atoms with E-state index in [0.717, 1.165) is 0 Å². The van der Waals surface area contributed by atoms with Crippen LogP contribution in [-0.2, 0) is 10.0 Å². The lowest BCUT2D eigenvalue weighted by atomic mass is 10.2. The van der Waals surface area contributed by atoms with Crippen LogP contribution in [0.25, 0.3) is 0 Å². The maximum atomic E-state index is 12.1. The Balaban J connectivity index is 2.97. The van der Waals surface area contributed by atoms with Crippen molar-refractivity contribution in [1.82, 2.24) is 4.72 Å². The van der Waals surface area contributed by atoms with Gasteiger partial charge in [-0.05, 0) is 32.2 Å². The number of hydrogen-bond donors (Lipinski definition) is 2. The number of para-hydroxylation sites is 1. The molecule has 0 unspecified atom stereocenters. The van der Waals surface area contributed by atoms with Gasteiger partial charge in [-0.25, -0.2) is 13.1 Å². The number of thioether (sulfide) groups is 1. The molecule has 0 fully saturated rings. The number of anilines is 1. The first-order chi connectivity index (χ1) is 8.82. The van der Waals surface area contributed by atoms with E-state index in [1.807, 2.05) is 12.3 Å². The molecule has 0 radical (unpaired) electrons. The fraction of sp³-hybridized carbons (Fsp3) is 0.538. The van der Waals surface area contributed by atoms with Gasteiger partial charge in [-0.1, -0.05) is 19.1 Å². The normalized spacial score (nSPS) is 12.4. The summed E-state index contributed by atoms with van der Waals surface area (Å²) < 4.78 is 26.7. The molecular weight excluding hydrogens is 280 g/mol. The standard InChI is InChI=1S/C13H22N2O2S2/c1-5-15-19(16,17)12-9-7-6-8-11(12)14-10-13(2,3)18-4/h6-9,14-15H,5,10H2,1-4H3. The van der Waals surface area contributed by atoms with Crippen LogP contribution < -0.4 is 10.0 Å². The molecular formula is C13H22N2O2S2. The van der Waals surface area contributed by atoms with E-state index in [-0.39, 0.29) is 4.75 Å². The van der Waals surface area contributed by atoms with Crippen LogP contribution in [0, 0.1) is 0 Å². The molecule has 2 N–H and O–H groups in total. The molecule has 0 spiro atoms. The zero-order valence-electron chi connectivity index (χ0n) is 11.9. The molecule has 4 nitrogen and oxygen atoms in total. The van der Waals surface area contributed by atoms with Crippen LogP contribution in [0.15, 0.2) is 29.2 Å². The van der Waals surface area contributed by atoms with Gasteiger partial charge in [0.25, 0.3) is 0 Å². The van der Waals surface area contributed by atoms with E-state index in [2.05, 4.69) is 23.9 Å². The molecule has 19 heavy (non-hydrogen) atoms. The van der Waals surface area contributed by atoms with E-state index in [1.54, 1.807) is 36.9 Å². The molecule has 0 bridgehead atoms. The summed E-state index contributed by atoms with van der Waals surface area (Å²) >= 11 is 1.74. The molecule has 0 atom stereocenters. The van der Waals surface area contributed by atoms with Crippen molar-refractivity contribution in [2.24, 2.45) is 0 Å². The largest absolute Gasteiger partial charge is 0.383 e. The molecule has 0 aliphatic carbocycles. The summed E-state index contributed by atoms with van der Waals surface area (Å²) in [6.45, 7) is 7.09. The van der Waals surface area contributed by atoms with Crippen molar-refractivity contribution >= 4 is 27.5 Å². The van der Waals surface area contributed by atoms with Crippen LogP contribution >= 0.6 is 11.8 Å². The number of hydrogen-bond acceptors (Lipinski definition) is 4. The lowest BCUT2D eigenvalue weighted by Crippen LogP contribution is -2.28. The van der Waals surface area contributed by atoms with Crippen molar-refractivity contribution < 1.29 is 8.42 Å². The molecule has 0 aromatic heterocycles. The second-order valence-corrected chi connectivity index (χ2v) is 8.06. The second kappa shape index (κ2) is 6.63. The molecule has 1 aromatic rings. The minimum atomic E-state index is -3.43. The highest BCUT2D eigenvalue weighted by Crippen LogP contribution is 2.25. The highest BCUT2D eigenvalue weighted by atomic mass is 32.2. The summed E-state index contributed by atoms with van der Waals surface area (Å²) in [5.74, 6) is 0. The van der Waals surface area contributed by atoms with Crippen LogP contribution in [0.4, 0.5) is 5.69 Å². The van der Waals surface area contributed by atoms with Crippen LogP contribution in [0.1, 0.15) is 20.8 Å². The van der Waals surface area contributed by atoms with Crippen LogP contribution in [0.5, 0.6) is 0 Å². The first kappa shape index (κ1) is 16.3. The topological polar surface area (TPSA) is 58.2 Å². The van der Waals surface area contributed by atoms with Crippen molar-refractivity contribution in [3.63, 3.8) is 0 Å². The van der Waals surface area contributed by atoms with Gasteiger partial charge < -0.3 is 5.32 Å². The van der Waals surface area contributed by atoms with Crippen molar-refractivity contribution in [2.75, 3.05) is 24.7 Å². The van der Waals surface area contributed by atoms with E-state index in [9.17, 15) is 8.42 Å². The van der Waals surface area contributed by atoms with Gasteiger partial charge in [-0.3, -0.25) is 0 Å². The van der Waals surface area contributed by atoms with Gasteiger partial charge in [0.05, 0.1) is 5.69 Å². The molecule has 0 amide bonds. The summed E-state index contributed by atoms with van der Waals surface area (Å²) in [7, 11) is -3.43. The van der Waals surface area contributed by atoms with Crippen LogP contribution in [0.3, 0.4) is 0 Å². The zero-order valence-corrected chi connectivity index (χ0v) is 13.5. The average molecular weight is 302 g/mol. The first-order valence-corrected chi connectivity index (χ1v) is 8.91. The highest BCUT2D eigenvalue weighted by Gasteiger charge is 2.20. The Bertz CT molecular complexity index is 513. The van der Waals surface area contributed by atoms with E-state index in [1.165, 1.54) is 0 Å². The lowest BCUT2D eigenvalue weighted by Gasteiger charge is -2.23. The highest BCUT2D eigenvalue weighted by molar-refractivity contribution is 7.99. The summed E-state index contributed by atoms with van der Waals surface area (Å²) in [4.78, 5) is 0.300. The third-order valence-electron chi connectivity index (χ3n) is 2.77. The number of nitrogens with one attached hydrogen (secondary N) is 2. The minimum absolute atomic E-state index is 0.0507. The SMILES string of the molecule is CCNS(=O)(=O)c1ccccc1NCC(C)(C)SC. The Morgan fingerprint density at radius 2 is 1.89 bits per heavy atom. The van der Waals surface area contributed by atoms with Gasteiger partial charge in [0.1, 0.15) is 4.90 Å². The molecule has 1 rings (SSSR count). The molecule has 108 valence electrons. The van der Waals surface area contributed by atoms with E-state index in [0.29, 0.717) is 23.7 Å². The number of sulfonamides is 1. The third-order valence-corrected chi connectivity index (χ3v) is 5.62.